The molecule has 1 heterocycles. The highest BCUT2D eigenvalue weighted by atomic mass is 16.5. The molecule has 2 saturated carbocycles. The molecule has 34 heavy (non-hydrogen) atoms. The molecule has 0 unspecified atom stereocenters. The number of hydrogen-bond donors (Lipinski definition) is 1. The maximum atomic E-state index is 12.5. The van der Waals surface area contributed by atoms with Gasteiger partial charge in [-0.1, -0.05) is 51.5 Å². The number of carbonyl (C=O) groups excluding carboxylic acids is 1. The van der Waals surface area contributed by atoms with E-state index in [0.29, 0.717) is 18.3 Å². The van der Waals surface area contributed by atoms with Crippen LogP contribution in [0.25, 0.3) is 5.57 Å². The SMILES string of the molecule is CC(C)C[C@@H](N)C(=O)O[C@H]1CC[C@@]2(C)C(=CC[C@@H]3[C@@H]2CC[C@]2(C)C(c4cccnc4)=CC[C@@H]32)C1. The predicted molar refractivity (Wildman–Crippen MR) is 137 cm³/mol. The van der Waals surface area contributed by atoms with Crippen LogP contribution < -0.4 is 5.73 Å². The van der Waals surface area contributed by atoms with Gasteiger partial charge in [0.05, 0.1) is 0 Å². The number of ether oxygens (including phenoxy) is 1. The lowest BCUT2D eigenvalue weighted by molar-refractivity contribution is -0.153. The number of hydrogen-bond acceptors (Lipinski definition) is 4. The number of nitrogens with two attached hydrogens (primary N) is 1. The van der Waals surface area contributed by atoms with E-state index in [1.54, 1.807) is 0 Å². The summed E-state index contributed by atoms with van der Waals surface area (Å²) >= 11 is 0. The second-order valence-electron chi connectivity index (χ2n) is 12.3. The van der Waals surface area contributed by atoms with E-state index in [-0.39, 0.29) is 22.9 Å². The Balaban J connectivity index is 1.30. The first kappa shape index (κ1) is 23.8. The molecule has 0 saturated heterocycles. The Morgan fingerprint density at radius 1 is 1.15 bits per heavy atom. The van der Waals surface area contributed by atoms with Crippen LogP contribution in [-0.4, -0.2) is 23.1 Å². The van der Waals surface area contributed by atoms with Crippen LogP contribution in [-0.2, 0) is 9.53 Å². The van der Waals surface area contributed by atoms with Crippen molar-refractivity contribution in [2.45, 2.75) is 91.2 Å². The quantitative estimate of drug-likeness (QED) is 0.410. The van der Waals surface area contributed by atoms with Crippen molar-refractivity contribution < 1.29 is 9.53 Å². The Hall–Kier alpha value is -1.94. The average Bonchev–Trinajstić information content (AvgIpc) is 3.16. The number of carbonyl (C=O) groups is 1. The molecule has 0 spiro atoms. The molecule has 2 N–H and O–H groups in total. The van der Waals surface area contributed by atoms with Crippen LogP contribution >= 0.6 is 0 Å². The predicted octanol–water partition coefficient (Wildman–Crippen LogP) is 6.32. The van der Waals surface area contributed by atoms with Gasteiger partial charge in [-0.3, -0.25) is 9.78 Å². The van der Waals surface area contributed by atoms with Crippen molar-refractivity contribution in [2.24, 2.45) is 40.2 Å². The molecule has 4 heteroatoms. The second-order valence-corrected chi connectivity index (χ2v) is 12.3. The number of rotatable bonds is 5. The Morgan fingerprint density at radius 3 is 2.68 bits per heavy atom. The van der Waals surface area contributed by atoms with Crippen LogP contribution in [0.1, 0.15) is 84.6 Å². The molecule has 2 fully saturated rings. The molecule has 5 rings (SSSR count). The summed E-state index contributed by atoms with van der Waals surface area (Å²) in [5.74, 6) is 2.35. The number of aromatic nitrogens is 1. The maximum Gasteiger partial charge on any atom is 0.323 e. The highest BCUT2D eigenvalue weighted by Gasteiger charge is 2.57. The number of allylic oxidation sites excluding steroid dienone is 3. The van der Waals surface area contributed by atoms with Gasteiger partial charge in [0.1, 0.15) is 12.1 Å². The minimum absolute atomic E-state index is 0.0132. The summed E-state index contributed by atoms with van der Waals surface area (Å²) in [5, 5.41) is 0. The fourth-order valence-corrected chi connectivity index (χ4v) is 8.12. The monoisotopic (exact) mass is 462 g/mol. The minimum Gasteiger partial charge on any atom is -0.461 e. The Bertz CT molecular complexity index is 983. The topological polar surface area (TPSA) is 65.2 Å². The van der Waals surface area contributed by atoms with Gasteiger partial charge < -0.3 is 10.5 Å². The van der Waals surface area contributed by atoms with Crippen LogP contribution in [0, 0.1) is 34.5 Å². The number of esters is 1. The van der Waals surface area contributed by atoms with Gasteiger partial charge in [-0.2, -0.15) is 0 Å². The van der Waals surface area contributed by atoms with E-state index < -0.39 is 6.04 Å². The van der Waals surface area contributed by atoms with E-state index in [1.165, 1.54) is 36.0 Å². The Kier molecular flexibility index (Phi) is 6.25. The molecule has 0 aliphatic heterocycles. The van der Waals surface area contributed by atoms with Crippen LogP contribution in [0.15, 0.2) is 42.3 Å². The lowest BCUT2D eigenvalue weighted by atomic mass is 9.47. The average molecular weight is 463 g/mol. The van der Waals surface area contributed by atoms with Gasteiger partial charge in [-0.05, 0) is 96.7 Å². The van der Waals surface area contributed by atoms with Crippen LogP contribution in [0.4, 0.5) is 0 Å². The van der Waals surface area contributed by atoms with Crippen LogP contribution in [0.3, 0.4) is 0 Å². The molecule has 1 aromatic rings. The maximum absolute atomic E-state index is 12.5. The van der Waals surface area contributed by atoms with Crippen LogP contribution in [0.2, 0.25) is 0 Å². The first-order chi connectivity index (χ1) is 16.2. The third-order valence-corrected chi connectivity index (χ3v) is 9.92. The molecule has 4 aliphatic rings. The molecule has 4 nitrogen and oxygen atoms in total. The summed E-state index contributed by atoms with van der Waals surface area (Å²) in [6.07, 6.45) is 17.5. The lowest BCUT2D eigenvalue weighted by Crippen LogP contribution is -2.50. The van der Waals surface area contributed by atoms with E-state index in [2.05, 4.69) is 57.0 Å². The third kappa shape index (κ3) is 3.96. The standard InChI is InChI=1S/C30H42N2O2/c1-19(2)16-27(31)28(33)34-22-11-13-29(3)21(17-22)7-8-23-25-10-9-24(20-6-5-15-32-18-20)30(25,4)14-12-26(23)29/h5-7,9,15,18-19,22-23,25-27H,8,10-14,16-17,31H2,1-4H3/t22-,23-,25-,26-,27+,29-,30+/m0/s1. The molecule has 1 aromatic heterocycles. The fraction of sp³-hybridized carbons (Fsp3) is 0.667. The molecule has 7 atom stereocenters. The van der Waals surface area contributed by atoms with Crippen molar-refractivity contribution in [3.8, 4) is 0 Å². The van der Waals surface area contributed by atoms with Gasteiger partial charge in [0.25, 0.3) is 0 Å². The number of pyridine rings is 1. The highest BCUT2D eigenvalue weighted by molar-refractivity contribution is 5.75. The fourth-order valence-electron chi connectivity index (χ4n) is 8.12. The first-order valence-corrected chi connectivity index (χ1v) is 13.5. The first-order valence-electron chi connectivity index (χ1n) is 13.5. The van der Waals surface area contributed by atoms with Crippen molar-refractivity contribution in [1.82, 2.24) is 4.98 Å². The van der Waals surface area contributed by atoms with Gasteiger partial charge in [0.2, 0.25) is 0 Å². The third-order valence-electron chi connectivity index (χ3n) is 9.92. The lowest BCUT2D eigenvalue weighted by Gasteiger charge is -2.57. The Labute approximate surface area is 205 Å². The zero-order chi connectivity index (χ0) is 24.1. The zero-order valence-corrected chi connectivity index (χ0v) is 21.4. The number of nitrogens with zero attached hydrogens (tertiary/aromatic N) is 1. The largest absolute Gasteiger partial charge is 0.461 e. The van der Waals surface area contributed by atoms with E-state index in [4.69, 9.17) is 10.5 Å². The summed E-state index contributed by atoms with van der Waals surface area (Å²) in [4.78, 5) is 16.9. The molecule has 0 bridgehead atoms. The van der Waals surface area contributed by atoms with Crippen molar-refractivity contribution in [3.63, 3.8) is 0 Å². The number of fused-ring (bicyclic) bond motifs is 5. The van der Waals surface area contributed by atoms with Gasteiger partial charge in [0, 0.05) is 18.8 Å². The summed E-state index contributed by atoms with van der Waals surface area (Å²) in [6.45, 7) is 9.21. The van der Waals surface area contributed by atoms with E-state index >= 15 is 0 Å². The molecular weight excluding hydrogens is 420 g/mol. The van der Waals surface area contributed by atoms with Crippen molar-refractivity contribution in [1.29, 1.82) is 0 Å². The highest BCUT2D eigenvalue weighted by Crippen LogP contribution is 2.66. The van der Waals surface area contributed by atoms with E-state index in [0.717, 1.165) is 37.5 Å². The van der Waals surface area contributed by atoms with Crippen LogP contribution in [0.5, 0.6) is 0 Å². The van der Waals surface area contributed by atoms with Gasteiger partial charge >= 0.3 is 5.97 Å². The molecular formula is C30H42N2O2. The van der Waals surface area contributed by atoms with Gasteiger partial charge in [-0.15, -0.1) is 0 Å². The summed E-state index contributed by atoms with van der Waals surface area (Å²) in [5.41, 5.74) is 11.0. The smallest absolute Gasteiger partial charge is 0.323 e. The van der Waals surface area contributed by atoms with E-state index in [9.17, 15) is 4.79 Å². The van der Waals surface area contributed by atoms with Crippen molar-refractivity contribution >= 4 is 11.5 Å². The molecule has 0 amide bonds. The van der Waals surface area contributed by atoms with Crippen molar-refractivity contribution in [2.75, 3.05) is 0 Å². The van der Waals surface area contributed by atoms with Gasteiger partial charge in [0.15, 0.2) is 0 Å². The Morgan fingerprint density at radius 2 is 1.94 bits per heavy atom. The summed E-state index contributed by atoms with van der Waals surface area (Å²) in [6, 6.07) is 3.79. The summed E-state index contributed by atoms with van der Waals surface area (Å²) in [7, 11) is 0. The molecule has 184 valence electrons. The molecule has 4 aliphatic carbocycles. The van der Waals surface area contributed by atoms with Crippen molar-refractivity contribution in [3.05, 3.63) is 47.8 Å². The van der Waals surface area contributed by atoms with Gasteiger partial charge in [-0.25, -0.2) is 0 Å². The molecule has 0 aromatic carbocycles. The zero-order valence-electron chi connectivity index (χ0n) is 21.4. The van der Waals surface area contributed by atoms with E-state index in [1.807, 2.05) is 12.4 Å². The second kappa shape index (κ2) is 8.93. The molecule has 0 radical (unpaired) electrons. The normalized spacial score (nSPS) is 37.7. The summed E-state index contributed by atoms with van der Waals surface area (Å²) < 4.78 is 5.91. The minimum atomic E-state index is -0.502.